The Morgan fingerprint density at radius 1 is 1.11 bits per heavy atom. The number of esters is 1. The molecule has 1 aliphatic heterocycles. The molecular formula is C24H36N2O10. The third-order valence-electron chi connectivity index (χ3n) is 5.22. The molecule has 12 nitrogen and oxygen atoms in total. The minimum Gasteiger partial charge on any atom is -0.458 e. The van der Waals surface area contributed by atoms with E-state index in [2.05, 4.69) is 10.6 Å². The van der Waals surface area contributed by atoms with Gasteiger partial charge in [-0.3, -0.25) is 4.79 Å². The van der Waals surface area contributed by atoms with Gasteiger partial charge in [-0.05, 0) is 33.3 Å². The number of nitrogens with one attached hydrogen (secondary N) is 2. The highest BCUT2D eigenvalue weighted by Gasteiger charge is 2.47. The van der Waals surface area contributed by atoms with Crippen LogP contribution >= 0.6 is 0 Å². The molecule has 1 aromatic carbocycles. The van der Waals surface area contributed by atoms with Crippen LogP contribution in [0, 0.1) is 0 Å². The van der Waals surface area contributed by atoms with Gasteiger partial charge in [-0.1, -0.05) is 30.3 Å². The number of ether oxygens (including phenoxy) is 4. The number of hydrogen-bond donors (Lipinski definition) is 5. The van der Waals surface area contributed by atoms with E-state index in [0.29, 0.717) is 0 Å². The Balaban J connectivity index is 2.19. The number of aliphatic hydroxyl groups excluding tert-OH is 3. The summed E-state index contributed by atoms with van der Waals surface area (Å²) in [6, 6.07) is 6.33. The van der Waals surface area contributed by atoms with E-state index in [4.69, 9.17) is 18.9 Å². The van der Waals surface area contributed by atoms with Gasteiger partial charge >= 0.3 is 12.1 Å². The lowest BCUT2D eigenvalue weighted by Gasteiger charge is -2.43. The molecule has 5 N–H and O–H groups in total. The van der Waals surface area contributed by atoms with Gasteiger partial charge in [0.15, 0.2) is 12.3 Å². The summed E-state index contributed by atoms with van der Waals surface area (Å²) in [5, 5.41) is 35.0. The molecule has 1 aromatic rings. The van der Waals surface area contributed by atoms with E-state index < -0.39 is 73.0 Å². The van der Waals surface area contributed by atoms with Gasteiger partial charge in [0.2, 0.25) is 5.91 Å². The highest BCUT2D eigenvalue weighted by atomic mass is 16.7. The van der Waals surface area contributed by atoms with Crippen LogP contribution in [0.5, 0.6) is 0 Å². The van der Waals surface area contributed by atoms with Crippen LogP contribution in [0.4, 0.5) is 4.79 Å². The van der Waals surface area contributed by atoms with Crippen LogP contribution in [0.25, 0.3) is 0 Å². The quantitative estimate of drug-likeness (QED) is 0.283. The van der Waals surface area contributed by atoms with Gasteiger partial charge in [0.1, 0.15) is 36.6 Å². The van der Waals surface area contributed by atoms with Crippen LogP contribution in [0.3, 0.4) is 0 Å². The molecule has 7 atom stereocenters. The third-order valence-corrected chi connectivity index (χ3v) is 5.22. The minimum absolute atomic E-state index is 0.0401. The Labute approximate surface area is 209 Å². The molecule has 1 fully saturated rings. The fraction of sp³-hybridized carbons (Fsp3) is 0.625. The van der Waals surface area contributed by atoms with Crippen molar-refractivity contribution < 1.29 is 48.7 Å². The lowest BCUT2D eigenvalue weighted by atomic mass is 9.96. The predicted octanol–water partition coefficient (Wildman–Crippen LogP) is -0.0281. The number of carbonyl (C=O) groups excluding carboxylic acids is 3. The Kier molecular flexibility index (Phi) is 10.6. The van der Waals surface area contributed by atoms with Crippen molar-refractivity contribution >= 4 is 18.0 Å². The van der Waals surface area contributed by atoms with Crippen LogP contribution in [-0.4, -0.2) is 88.3 Å². The summed E-state index contributed by atoms with van der Waals surface area (Å²) in [5.74, 6) is -1.36. The summed E-state index contributed by atoms with van der Waals surface area (Å²) < 4.78 is 22.0. The average Bonchev–Trinajstić information content (AvgIpc) is 2.80. The Hall–Kier alpha value is -2.77. The van der Waals surface area contributed by atoms with Crippen molar-refractivity contribution in [3.63, 3.8) is 0 Å². The maximum atomic E-state index is 12.9. The first kappa shape index (κ1) is 29.5. The molecule has 2 amide bonds. The van der Waals surface area contributed by atoms with Crippen molar-refractivity contribution in [2.24, 2.45) is 0 Å². The molecule has 0 spiro atoms. The maximum absolute atomic E-state index is 12.9. The van der Waals surface area contributed by atoms with Crippen LogP contribution < -0.4 is 10.6 Å². The van der Waals surface area contributed by atoms with Gasteiger partial charge in [0.25, 0.3) is 0 Å². The molecule has 36 heavy (non-hydrogen) atoms. The predicted molar refractivity (Wildman–Crippen MR) is 125 cm³/mol. The molecule has 12 heteroatoms. The van der Waals surface area contributed by atoms with Gasteiger partial charge in [0.05, 0.1) is 12.7 Å². The lowest BCUT2D eigenvalue weighted by Crippen LogP contribution is -2.65. The van der Waals surface area contributed by atoms with E-state index in [-0.39, 0.29) is 6.61 Å². The molecule has 1 aliphatic rings. The molecule has 1 heterocycles. The molecule has 0 unspecified atom stereocenters. The van der Waals surface area contributed by atoms with Crippen molar-refractivity contribution in [3.05, 3.63) is 35.9 Å². The van der Waals surface area contributed by atoms with Crippen molar-refractivity contribution in [1.29, 1.82) is 0 Å². The van der Waals surface area contributed by atoms with Crippen molar-refractivity contribution in [1.82, 2.24) is 10.6 Å². The third kappa shape index (κ3) is 8.71. The second kappa shape index (κ2) is 13.0. The fourth-order valence-corrected chi connectivity index (χ4v) is 3.50. The first-order valence-corrected chi connectivity index (χ1v) is 11.6. The largest absolute Gasteiger partial charge is 0.458 e. The summed E-state index contributed by atoms with van der Waals surface area (Å²) in [6.07, 6.45) is -7.67. The van der Waals surface area contributed by atoms with Crippen LogP contribution in [0.1, 0.15) is 40.2 Å². The zero-order chi connectivity index (χ0) is 27.0. The van der Waals surface area contributed by atoms with Gasteiger partial charge < -0.3 is 44.9 Å². The summed E-state index contributed by atoms with van der Waals surface area (Å²) in [4.78, 5) is 37.1. The summed E-state index contributed by atoms with van der Waals surface area (Å²) in [6.45, 7) is 6.93. The Morgan fingerprint density at radius 3 is 2.31 bits per heavy atom. The second-order valence-corrected chi connectivity index (χ2v) is 9.49. The molecule has 202 valence electrons. The smallest absolute Gasteiger partial charge is 0.408 e. The normalized spacial score (nSPS) is 25.8. The molecule has 0 aromatic heterocycles. The molecule has 0 saturated carbocycles. The topological polar surface area (TPSA) is 173 Å². The monoisotopic (exact) mass is 512 g/mol. The number of benzene rings is 1. The summed E-state index contributed by atoms with van der Waals surface area (Å²) >= 11 is 0. The van der Waals surface area contributed by atoms with Crippen molar-refractivity contribution in [2.45, 2.75) is 89.6 Å². The number of alkyl carbamates (subject to hydrolysis) is 1. The van der Waals surface area contributed by atoms with E-state index in [1.54, 1.807) is 45.0 Å². The van der Waals surface area contributed by atoms with E-state index in [1.807, 2.05) is 6.07 Å². The SMILES string of the molecule is CC(=O)N[C@H]1[C@@H](O[C@H](C)[C@H](NC(=O)OCc2ccccc2)C(=O)OC(C)(C)C)O[C@H](CO)[C@@H](O)[C@@H]1O. The number of hydrogen-bond acceptors (Lipinski definition) is 10. The van der Waals surface area contributed by atoms with Gasteiger partial charge in [0, 0.05) is 6.92 Å². The number of rotatable bonds is 9. The molecule has 0 radical (unpaired) electrons. The number of aliphatic hydroxyl groups is 3. The lowest BCUT2D eigenvalue weighted by molar-refractivity contribution is -0.282. The Bertz CT molecular complexity index is 875. The number of amides is 2. The summed E-state index contributed by atoms with van der Waals surface area (Å²) in [7, 11) is 0. The number of carbonyl (C=O) groups is 3. The van der Waals surface area contributed by atoms with Crippen LogP contribution in [-0.2, 0) is 35.1 Å². The van der Waals surface area contributed by atoms with Crippen LogP contribution in [0.2, 0.25) is 0 Å². The average molecular weight is 513 g/mol. The van der Waals surface area contributed by atoms with E-state index >= 15 is 0 Å². The molecule has 0 bridgehead atoms. The second-order valence-electron chi connectivity index (χ2n) is 9.49. The molecule has 1 saturated heterocycles. The summed E-state index contributed by atoms with van der Waals surface area (Å²) in [5.41, 5.74) is -0.144. The van der Waals surface area contributed by atoms with Crippen molar-refractivity contribution in [2.75, 3.05) is 6.61 Å². The standard InChI is InChI=1S/C24H36N2O10/c1-13(34-22-18(25-14(2)28)20(30)19(29)16(11-27)35-22)17(21(31)36-24(3,4)5)26-23(32)33-12-15-9-7-6-8-10-15/h6-10,13,16-20,22,27,29-30H,11-12H2,1-5H3,(H,25,28)(H,26,32)/t13-,16-,17+,18-,19-,20-,22+/m1/s1. The zero-order valence-corrected chi connectivity index (χ0v) is 21.0. The first-order valence-electron chi connectivity index (χ1n) is 11.6. The van der Waals surface area contributed by atoms with E-state index in [0.717, 1.165) is 5.56 Å². The van der Waals surface area contributed by atoms with Crippen molar-refractivity contribution in [3.8, 4) is 0 Å². The van der Waals surface area contributed by atoms with E-state index in [1.165, 1.54) is 13.8 Å². The fourth-order valence-electron chi connectivity index (χ4n) is 3.50. The zero-order valence-electron chi connectivity index (χ0n) is 21.0. The van der Waals surface area contributed by atoms with Gasteiger partial charge in [-0.2, -0.15) is 0 Å². The Morgan fingerprint density at radius 2 is 1.75 bits per heavy atom. The molecule has 0 aliphatic carbocycles. The maximum Gasteiger partial charge on any atom is 0.408 e. The first-order chi connectivity index (χ1) is 16.8. The van der Waals surface area contributed by atoms with Gasteiger partial charge in [-0.15, -0.1) is 0 Å². The minimum atomic E-state index is -1.54. The highest BCUT2D eigenvalue weighted by molar-refractivity contribution is 5.82. The highest BCUT2D eigenvalue weighted by Crippen LogP contribution is 2.24. The van der Waals surface area contributed by atoms with Gasteiger partial charge in [-0.25, -0.2) is 9.59 Å². The van der Waals surface area contributed by atoms with E-state index in [9.17, 15) is 29.7 Å². The van der Waals surface area contributed by atoms with Crippen LogP contribution in [0.15, 0.2) is 30.3 Å². The molecular weight excluding hydrogens is 476 g/mol. The molecule has 2 rings (SSSR count).